The normalized spacial score (nSPS) is 15.2. The maximum absolute atomic E-state index is 3.95. The third-order valence-electron chi connectivity index (χ3n) is 0.875. The number of allylic oxidation sites excluding steroid dienone is 1. The van der Waals surface area contributed by atoms with E-state index in [9.17, 15) is 0 Å². The second kappa shape index (κ2) is 2.31. The van der Waals surface area contributed by atoms with Gasteiger partial charge in [-0.05, 0) is 0 Å². The Morgan fingerprint density at radius 2 is 2.62 bits per heavy atom. The van der Waals surface area contributed by atoms with Crippen LogP contribution in [0.5, 0.6) is 0 Å². The highest BCUT2D eigenvalue weighted by Crippen LogP contribution is 1.86. The van der Waals surface area contributed by atoms with Gasteiger partial charge in [-0.25, -0.2) is 0 Å². The van der Waals surface area contributed by atoms with Crippen LogP contribution in [-0.4, -0.2) is 17.8 Å². The molecule has 2 nitrogen and oxygen atoms in total. The number of nitrogens with zero attached hydrogens (tertiary/aromatic N) is 2. The average molecular weight is 108 g/mol. The first-order valence-electron chi connectivity index (χ1n) is 2.52. The molecular formula is C6H8N2+. The van der Waals surface area contributed by atoms with E-state index >= 15 is 0 Å². The molecule has 0 unspecified atom stereocenters. The second-order valence-electron chi connectivity index (χ2n) is 1.52. The van der Waals surface area contributed by atoms with Gasteiger partial charge in [-0.2, -0.15) is 0 Å². The lowest BCUT2D eigenvalue weighted by Crippen LogP contribution is -2.15. The van der Waals surface area contributed by atoms with E-state index < -0.39 is 0 Å². The van der Waals surface area contributed by atoms with Gasteiger partial charge < -0.3 is 0 Å². The van der Waals surface area contributed by atoms with E-state index in [4.69, 9.17) is 0 Å². The summed E-state index contributed by atoms with van der Waals surface area (Å²) in [5.41, 5.74) is 0. The summed E-state index contributed by atoms with van der Waals surface area (Å²) in [4.78, 5) is 0. The number of hydrogen-bond donors (Lipinski definition) is 0. The summed E-state index contributed by atoms with van der Waals surface area (Å²) in [5, 5.41) is 5.76. The fourth-order valence-electron chi connectivity index (χ4n) is 0.541. The molecule has 0 spiro atoms. The Morgan fingerprint density at radius 3 is 3.12 bits per heavy atom. The van der Waals surface area contributed by atoms with Gasteiger partial charge >= 0.3 is 0 Å². The van der Waals surface area contributed by atoms with E-state index in [1.54, 1.807) is 6.21 Å². The molecule has 0 bridgehead atoms. The highest BCUT2D eigenvalue weighted by molar-refractivity contribution is 5.71. The van der Waals surface area contributed by atoms with Gasteiger partial charge in [0, 0.05) is 6.08 Å². The maximum Gasteiger partial charge on any atom is 0.277 e. The highest BCUT2D eigenvalue weighted by Gasteiger charge is 2.06. The molecule has 0 saturated carbocycles. The number of rotatable bonds is 2. The van der Waals surface area contributed by atoms with Crippen molar-refractivity contribution in [1.29, 1.82) is 0 Å². The van der Waals surface area contributed by atoms with Crippen molar-refractivity contribution < 1.29 is 0 Å². The van der Waals surface area contributed by atoms with Crippen LogP contribution in [0.4, 0.5) is 0 Å². The van der Waals surface area contributed by atoms with Crippen LogP contribution in [0.15, 0.2) is 24.9 Å². The van der Waals surface area contributed by atoms with Crippen LogP contribution in [-0.2, 0) is 0 Å². The molecule has 0 aromatic heterocycles. The molecule has 41 valence electrons. The zero-order valence-electron chi connectivity index (χ0n) is 4.62. The lowest BCUT2D eigenvalue weighted by molar-refractivity contribution is 0.401. The summed E-state index contributed by atoms with van der Waals surface area (Å²) < 4.78 is 0. The van der Waals surface area contributed by atoms with Crippen LogP contribution in [0.1, 0.15) is 0 Å². The molecule has 0 saturated heterocycles. The van der Waals surface area contributed by atoms with E-state index in [1.165, 1.54) is 0 Å². The monoisotopic (exact) mass is 108 g/mol. The minimum absolute atomic E-state index is 0.799. The van der Waals surface area contributed by atoms with Crippen molar-refractivity contribution in [2.24, 2.45) is 0 Å². The van der Waals surface area contributed by atoms with Crippen molar-refractivity contribution in [2.75, 3.05) is 6.54 Å². The summed E-state index contributed by atoms with van der Waals surface area (Å²) in [7, 11) is 0. The second-order valence-corrected chi connectivity index (χ2v) is 1.52. The Balaban J connectivity index is 2.37. The van der Waals surface area contributed by atoms with Gasteiger partial charge in [0.25, 0.3) is 6.21 Å². The topological polar surface area (TPSA) is 17.3 Å². The van der Waals surface area contributed by atoms with Gasteiger partial charge in [0.05, 0.1) is 6.20 Å². The molecule has 1 radical (unpaired) electrons. The Morgan fingerprint density at radius 1 is 1.75 bits per heavy atom. The summed E-state index contributed by atoms with van der Waals surface area (Å²) in [6, 6.07) is 0. The molecule has 0 aromatic carbocycles. The molecule has 1 rings (SSSR count). The molecule has 1 aliphatic rings. The molecule has 8 heavy (non-hydrogen) atoms. The van der Waals surface area contributed by atoms with Gasteiger partial charge in [0.15, 0.2) is 5.10 Å². The maximum atomic E-state index is 3.95. The van der Waals surface area contributed by atoms with Crippen LogP contribution in [0, 0.1) is 0 Å². The van der Waals surface area contributed by atoms with E-state index in [-0.39, 0.29) is 0 Å². The zero-order valence-corrected chi connectivity index (χ0v) is 4.62. The fraction of sp³-hybridized carbons (Fsp3) is 0.167. The van der Waals surface area contributed by atoms with Gasteiger partial charge in [-0.1, -0.05) is 11.1 Å². The first-order chi connectivity index (χ1) is 3.93. The largest absolute Gasteiger partial charge is 0.277 e. The molecule has 0 fully saturated rings. The van der Waals surface area contributed by atoms with E-state index in [0.717, 1.165) is 6.54 Å². The minimum atomic E-state index is 0.799. The predicted octanol–water partition coefficient (Wildman–Crippen LogP) is 0.323. The van der Waals surface area contributed by atoms with Crippen molar-refractivity contribution in [3.8, 4) is 0 Å². The van der Waals surface area contributed by atoms with Crippen molar-refractivity contribution in [2.45, 2.75) is 0 Å². The van der Waals surface area contributed by atoms with Gasteiger partial charge in [-0.3, -0.25) is 0 Å². The molecule has 1 heterocycles. The molecule has 1 aliphatic heterocycles. The van der Waals surface area contributed by atoms with Crippen molar-refractivity contribution >= 4 is 6.21 Å². The van der Waals surface area contributed by atoms with Gasteiger partial charge in [0.2, 0.25) is 0 Å². The Hall–Kier alpha value is -1.05. The van der Waals surface area contributed by atoms with E-state index in [1.807, 2.05) is 23.4 Å². The first-order valence-corrected chi connectivity index (χ1v) is 2.52. The third-order valence-corrected chi connectivity index (χ3v) is 0.875. The first kappa shape index (κ1) is 5.09. The van der Waals surface area contributed by atoms with Crippen molar-refractivity contribution in [3.63, 3.8) is 0 Å². The molecule has 2 heteroatoms. The predicted molar refractivity (Wildman–Crippen MR) is 34.2 cm³/mol. The molecule has 0 amide bonds. The fourth-order valence-corrected chi connectivity index (χ4v) is 0.541. The molecule has 0 aromatic rings. The zero-order chi connectivity index (χ0) is 5.82. The van der Waals surface area contributed by atoms with Crippen LogP contribution in [0.2, 0.25) is 0 Å². The smallest absolute Gasteiger partial charge is 0.101 e. The Bertz CT molecular complexity index is 123. The van der Waals surface area contributed by atoms with E-state index in [2.05, 4.69) is 11.7 Å². The molecule has 0 aliphatic carbocycles. The molecular weight excluding hydrogens is 100 g/mol. The van der Waals surface area contributed by atoms with Gasteiger partial charge in [-0.15, -0.1) is 6.58 Å². The quantitative estimate of drug-likeness (QED) is 0.466. The number of hydrazone groups is 1. The van der Waals surface area contributed by atoms with Gasteiger partial charge in [0.1, 0.15) is 6.54 Å². The standard InChI is InChI=1S/C6H8N2/c1-2-5-8-6-3-4-7-8/h2-4,6H,1,5H2/q+1. The third kappa shape index (κ3) is 0.964. The summed E-state index contributed by atoms with van der Waals surface area (Å²) in [5.74, 6) is 0. The van der Waals surface area contributed by atoms with Crippen molar-refractivity contribution in [3.05, 3.63) is 24.9 Å². The summed E-state index contributed by atoms with van der Waals surface area (Å²) in [6.45, 7) is 4.37. The highest BCUT2D eigenvalue weighted by atomic mass is 15.4. The Labute approximate surface area is 48.8 Å². The lowest BCUT2D eigenvalue weighted by atomic mass is 10.6. The van der Waals surface area contributed by atoms with Crippen LogP contribution < -0.4 is 5.10 Å². The van der Waals surface area contributed by atoms with Crippen LogP contribution >= 0.6 is 0 Å². The lowest BCUT2D eigenvalue weighted by Gasteiger charge is -1.90. The average Bonchev–Trinajstić information content (AvgIpc) is 2.19. The number of hydrogen-bond acceptors (Lipinski definition) is 2. The van der Waals surface area contributed by atoms with Crippen LogP contribution in [0.25, 0.3) is 0 Å². The summed E-state index contributed by atoms with van der Waals surface area (Å²) in [6.07, 6.45) is 7.36. The minimum Gasteiger partial charge on any atom is -0.101 e. The molecule has 0 atom stereocenters. The van der Waals surface area contributed by atoms with Crippen LogP contribution in [0.3, 0.4) is 0 Å². The van der Waals surface area contributed by atoms with E-state index in [0.29, 0.717) is 0 Å². The Kier molecular flexibility index (Phi) is 1.47. The molecule has 0 N–H and O–H groups in total. The summed E-state index contributed by atoms with van der Waals surface area (Å²) >= 11 is 0. The SMILES string of the molecule is C=CCN1C=CC=[N+]1. The van der Waals surface area contributed by atoms with Crippen molar-refractivity contribution in [1.82, 2.24) is 10.1 Å².